The fourth-order valence-electron chi connectivity index (χ4n) is 2.63. The number of hydrogen-bond acceptors (Lipinski definition) is 3. The molecule has 0 radical (unpaired) electrons. The van der Waals surface area contributed by atoms with Gasteiger partial charge < -0.3 is 15.9 Å². The van der Waals surface area contributed by atoms with Crippen molar-refractivity contribution >= 4 is 0 Å². The fraction of sp³-hybridized carbons (Fsp3) is 0.538. The molecule has 0 spiro atoms. The molecule has 0 unspecified atom stereocenters. The second-order valence-electron chi connectivity index (χ2n) is 4.52. The molecule has 4 N–H and O–H groups in total. The molecule has 0 saturated carbocycles. The predicted octanol–water partition coefficient (Wildman–Crippen LogP) is 2.26. The Labute approximate surface area is 95.9 Å². The number of aromatic hydroxyl groups is 2. The molecular weight excluding hydrogens is 202 g/mol. The summed E-state index contributed by atoms with van der Waals surface area (Å²) in [6.45, 7) is 0.718. The molecule has 1 aliphatic rings. The smallest absolute Gasteiger partial charge is 0.160 e. The van der Waals surface area contributed by atoms with Crippen molar-refractivity contribution in [1.29, 1.82) is 0 Å². The Kier molecular flexibility index (Phi) is 3.34. The minimum atomic E-state index is -0.00164. The molecule has 0 fully saturated rings. The summed E-state index contributed by atoms with van der Waals surface area (Å²) in [4.78, 5) is 0. The maximum absolute atomic E-state index is 9.81. The van der Waals surface area contributed by atoms with E-state index in [4.69, 9.17) is 5.73 Å². The molecule has 88 valence electrons. The van der Waals surface area contributed by atoms with E-state index >= 15 is 0 Å². The van der Waals surface area contributed by atoms with Gasteiger partial charge in [0.15, 0.2) is 11.5 Å². The summed E-state index contributed by atoms with van der Waals surface area (Å²) in [5, 5.41) is 19.3. The Bertz CT molecular complexity index is 376. The van der Waals surface area contributed by atoms with Crippen LogP contribution in [-0.2, 0) is 6.42 Å². The average molecular weight is 221 g/mol. The number of phenolic OH excluding ortho intramolecular Hbond substituents is 2. The second kappa shape index (κ2) is 4.74. The van der Waals surface area contributed by atoms with Gasteiger partial charge in [-0.2, -0.15) is 0 Å². The van der Waals surface area contributed by atoms with Crippen LogP contribution in [0.15, 0.2) is 12.1 Å². The van der Waals surface area contributed by atoms with Gasteiger partial charge in [0.25, 0.3) is 0 Å². The normalized spacial score (nSPS) is 19.4. The summed E-state index contributed by atoms with van der Waals surface area (Å²) in [6.07, 6.45) is 5.21. The van der Waals surface area contributed by atoms with Crippen LogP contribution >= 0.6 is 0 Å². The average Bonchev–Trinajstić information content (AvgIpc) is 2.31. The van der Waals surface area contributed by atoms with Gasteiger partial charge in [0.1, 0.15) is 0 Å². The zero-order valence-electron chi connectivity index (χ0n) is 9.45. The SMILES string of the molecule is NCCC[C@@H]1CCCc2c1ccc(O)c2O. The summed E-state index contributed by atoms with van der Waals surface area (Å²) < 4.78 is 0. The van der Waals surface area contributed by atoms with Crippen LogP contribution in [0.3, 0.4) is 0 Å². The summed E-state index contributed by atoms with van der Waals surface area (Å²) in [6, 6.07) is 3.54. The first kappa shape index (κ1) is 11.3. The molecule has 0 aromatic heterocycles. The fourth-order valence-corrected chi connectivity index (χ4v) is 2.63. The van der Waals surface area contributed by atoms with E-state index in [-0.39, 0.29) is 11.5 Å². The van der Waals surface area contributed by atoms with E-state index in [1.807, 2.05) is 6.07 Å². The lowest BCUT2D eigenvalue weighted by Crippen LogP contribution is -2.11. The molecule has 1 atom stereocenters. The number of phenols is 2. The minimum Gasteiger partial charge on any atom is -0.504 e. The molecule has 0 heterocycles. The summed E-state index contributed by atoms with van der Waals surface area (Å²) in [7, 11) is 0. The second-order valence-corrected chi connectivity index (χ2v) is 4.52. The van der Waals surface area contributed by atoms with Crippen LogP contribution in [0.2, 0.25) is 0 Å². The first-order valence-electron chi connectivity index (χ1n) is 5.97. The number of benzene rings is 1. The molecular formula is C13H19NO2. The molecule has 0 bridgehead atoms. The van der Waals surface area contributed by atoms with Gasteiger partial charge in [-0.25, -0.2) is 0 Å². The quantitative estimate of drug-likeness (QED) is 0.686. The molecule has 1 aromatic rings. The van der Waals surface area contributed by atoms with Gasteiger partial charge in [-0.15, -0.1) is 0 Å². The number of nitrogens with two attached hydrogens (primary N) is 1. The van der Waals surface area contributed by atoms with Gasteiger partial charge in [0.05, 0.1) is 0 Å². The predicted molar refractivity (Wildman–Crippen MR) is 63.7 cm³/mol. The monoisotopic (exact) mass is 221 g/mol. The third kappa shape index (κ3) is 2.00. The lowest BCUT2D eigenvalue weighted by Gasteiger charge is -2.26. The van der Waals surface area contributed by atoms with E-state index in [9.17, 15) is 10.2 Å². The van der Waals surface area contributed by atoms with Crippen molar-refractivity contribution in [3.8, 4) is 11.5 Å². The van der Waals surface area contributed by atoms with Crippen LogP contribution in [0.25, 0.3) is 0 Å². The molecule has 16 heavy (non-hydrogen) atoms. The highest BCUT2D eigenvalue weighted by atomic mass is 16.3. The van der Waals surface area contributed by atoms with Crippen LogP contribution in [0.4, 0.5) is 0 Å². The highest BCUT2D eigenvalue weighted by molar-refractivity contribution is 5.51. The van der Waals surface area contributed by atoms with Crippen LogP contribution in [0, 0.1) is 0 Å². The van der Waals surface area contributed by atoms with Crippen LogP contribution in [-0.4, -0.2) is 16.8 Å². The Balaban J connectivity index is 2.28. The van der Waals surface area contributed by atoms with Gasteiger partial charge in [0.2, 0.25) is 0 Å². The topological polar surface area (TPSA) is 66.5 Å². The van der Waals surface area contributed by atoms with Crippen molar-refractivity contribution in [2.75, 3.05) is 6.54 Å². The number of hydrogen-bond donors (Lipinski definition) is 3. The molecule has 2 rings (SSSR count). The van der Waals surface area contributed by atoms with Gasteiger partial charge in [-0.3, -0.25) is 0 Å². The molecule has 0 amide bonds. The summed E-state index contributed by atoms with van der Waals surface area (Å²) in [5.41, 5.74) is 7.67. The Hall–Kier alpha value is -1.22. The summed E-state index contributed by atoms with van der Waals surface area (Å²) in [5.74, 6) is 0.576. The molecule has 0 saturated heterocycles. The lowest BCUT2D eigenvalue weighted by atomic mass is 9.80. The Morgan fingerprint density at radius 2 is 2.12 bits per heavy atom. The van der Waals surface area contributed by atoms with E-state index in [0.29, 0.717) is 5.92 Å². The first-order valence-corrected chi connectivity index (χ1v) is 5.97. The zero-order chi connectivity index (χ0) is 11.5. The third-order valence-electron chi connectivity index (χ3n) is 3.47. The van der Waals surface area contributed by atoms with Crippen molar-refractivity contribution in [2.45, 2.75) is 38.0 Å². The van der Waals surface area contributed by atoms with Crippen LogP contribution < -0.4 is 5.73 Å². The highest BCUT2D eigenvalue weighted by Crippen LogP contribution is 2.42. The van der Waals surface area contributed by atoms with Crippen molar-refractivity contribution in [3.63, 3.8) is 0 Å². The maximum Gasteiger partial charge on any atom is 0.160 e. The Morgan fingerprint density at radius 3 is 2.88 bits per heavy atom. The van der Waals surface area contributed by atoms with E-state index in [0.717, 1.165) is 44.2 Å². The van der Waals surface area contributed by atoms with Crippen LogP contribution in [0.5, 0.6) is 11.5 Å². The van der Waals surface area contributed by atoms with Crippen molar-refractivity contribution in [3.05, 3.63) is 23.3 Å². The van der Waals surface area contributed by atoms with E-state index in [1.54, 1.807) is 6.07 Å². The van der Waals surface area contributed by atoms with Gasteiger partial charge >= 0.3 is 0 Å². The summed E-state index contributed by atoms with van der Waals surface area (Å²) >= 11 is 0. The van der Waals surface area contributed by atoms with E-state index in [1.165, 1.54) is 5.56 Å². The van der Waals surface area contributed by atoms with Crippen LogP contribution in [0.1, 0.15) is 42.7 Å². The molecule has 1 aromatic carbocycles. The van der Waals surface area contributed by atoms with E-state index < -0.39 is 0 Å². The van der Waals surface area contributed by atoms with Crippen molar-refractivity contribution in [1.82, 2.24) is 0 Å². The molecule has 1 aliphatic carbocycles. The first-order chi connectivity index (χ1) is 7.74. The molecule has 3 nitrogen and oxygen atoms in total. The molecule has 3 heteroatoms. The van der Waals surface area contributed by atoms with Crippen molar-refractivity contribution < 1.29 is 10.2 Å². The number of fused-ring (bicyclic) bond motifs is 1. The standard InChI is InChI=1S/C13H19NO2/c14-8-2-4-9-3-1-5-11-10(9)6-7-12(15)13(11)16/h6-7,9,15-16H,1-5,8,14H2/t9-/m0/s1. The van der Waals surface area contributed by atoms with Gasteiger partial charge in [-0.1, -0.05) is 6.07 Å². The maximum atomic E-state index is 9.81. The largest absolute Gasteiger partial charge is 0.504 e. The third-order valence-corrected chi connectivity index (χ3v) is 3.47. The number of rotatable bonds is 3. The van der Waals surface area contributed by atoms with E-state index in [2.05, 4.69) is 0 Å². The minimum absolute atomic E-state index is 0.00164. The van der Waals surface area contributed by atoms with Gasteiger partial charge in [-0.05, 0) is 56.2 Å². The van der Waals surface area contributed by atoms with Gasteiger partial charge in [0, 0.05) is 5.56 Å². The lowest BCUT2D eigenvalue weighted by molar-refractivity contribution is 0.391. The highest BCUT2D eigenvalue weighted by Gasteiger charge is 2.23. The Morgan fingerprint density at radius 1 is 1.31 bits per heavy atom. The van der Waals surface area contributed by atoms with Crippen molar-refractivity contribution in [2.24, 2.45) is 5.73 Å². The zero-order valence-corrected chi connectivity index (χ0v) is 9.45. The molecule has 0 aliphatic heterocycles.